The number of halogens is 1. The van der Waals surface area contributed by atoms with Gasteiger partial charge in [0.1, 0.15) is 16.7 Å². The lowest BCUT2D eigenvalue weighted by Crippen LogP contribution is -2.24. The zero-order valence-corrected chi connectivity index (χ0v) is 12.4. The van der Waals surface area contributed by atoms with Crippen molar-refractivity contribution < 1.29 is 9.47 Å². The molecule has 0 spiro atoms. The minimum absolute atomic E-state index is 0.204. The highest BCUT2D eigenvalue weighted by Gasteiger charge is 2.32. The summed E-state index contributed by atoms with van der Waals surface area (Å²) in [5, 5.41) is 9.19. The average molecular weight is 301 g/mol. The smallest absolute Gasteiger partial charge is 0.239 e. The number of nitriles is 1. The van der Waals surface area contributed by atoms with Crippen molar-refractivity contribution in [1.82, 2.24) is 4.98 Å². The molecular formula is C16H13ClN2O2. The summed E-state index contributed by atoms with van der Waals surface area (Å²) in [7, 11) is 0. The average Bonchev–Trinajstić information content (AvgIpc) is 2.76. The first-order valence-electron chi connectivity index (χ1n) is 6.53. The van der Waals surface area contributed by atoms with E-state index >= 15 is 0 Å². The fourth-order valence-electron chi connectivity index (χ4n) is 2.35. The van der Waals surface area contributed by atoms with Crippen molar-refractivity contribution >= 4 is 11.6 Å². The quantitative estimate of drug-likeness (QED) is 0.837. The summed E-state index contributed by atoms with van der Waals surface area (Å²) in [4.78, 5) is 4.08. The molecule has 0 aliphatic carbocycles. The van der Waals surface area contributed by atoms with Crippen LogP contribution in [0.3, 0.4) is 0 Å². The molecule has 0 bridgehead atoms. The van der Waals surface area contributed by atoms with Gasteiger partial charge in [0.15, 0.2) is 11.5 Å². The van der Waals surface area contributed by atoms with Crippen LogP contribution in [0.4, 0.5) is 0 Å². The summed E-state index contributed by atoms with van der Waals surface area (Å²) in [6.07, 6.45) is 2.31. The van der Waals surface area contributed by atoms with Crippen molar-refractivity contribution in [3.63, 3.8) is 0 Å². The van der Waals surface area contributed by atoms with E-state index in [-0.39, 0.29) is 16.5 Å². The van der Waals surface area contributed by atoms with E-state index in [1.807, 2.05) is 32.0 Å². The number of para-hydroxylation sites is 1. The van der Waals surface area contributed by atoms with Crippen molar-refractivity contribution in [2.24, 2.45) is 0 Å². The molecule has 1 aromatic carbocycles. The van der Waals surface area contributed by atoms with E-state index in [2.05, 4.69) is 4.98 Å². The Labute approximate surface area is 127 Å². The van der Waals surface area contributed by atoms with E-state index in [1.54, 1.807) is 12.1 Å². The van der Waals surface area contributed by atoms with Crippen LogP contribution >= 0.6 is 11.6 Å². The summed E-state index contributed by atoms with van der Waals surface area (Å²) < 4.78 is 11.7. The number of hydrogen-bond donors (Lipinski definition) is 0. The van der Waals surface area contributed by atoms with Crippen molar-refractivity contribution in [2.45, 2.75) is 25.9 Å². The normalized spacial score (nSPS) is 15.0. The molecule has 0 N–H and O–H groups in total. The van der Waals surface area contributed by atoms with Gasteiger partial charge in [0.05, 0.1) is 5.56 Å². The molecule has 0 radical (unpaired) electrons. The molecule has 0 saturated carbocycles. The van der Waals surface area contributed by atoms with Crippen molar-refractivity contribution in [1.29, 1.82) is 5.26 Å². The predicted molar refractivity (Wildman–Crippen MR) is 78.9 cm³/mol. The Morgan fingerprint density at radius 1 is 1.38 bits per heavy atom. The molecule has 0 saturated heterocycles. The molecule has 0 amide bonds. The van der Waals surface area contributed by atoms with Crippen LogP contribution in [0.2, 0.25) is 5.02 Å². The van der Waals surface area contributed by atoms with Gasteiger partial charge in [-0.3, -0.25) is 0 Å². The summed E-state index contributed by atoms with van der Waals surface area (Å²) in [6.45, 7) is 4.05. The Hall–Kier alpha value is -2.25. The van der Waals surface area contributed by atoms with Crippen molar-refractivity contribution in [2.75, 3.05) is 0 Å². The van der Waals surface area contributed by atoms with Gasteiger partial charge in [-0.2, -0.15) is 5.26 Å². The van der Waals surface area contributed by atoms with E-state index < -0.39 is 0 Å². The van der Waals surface area contributed by atoms with Gasteiger partial charge < -0.3 is 9.47 Å². The minimum atomic E-state index is -0.256. The highest BCUT2D eigenvalue weighted by Crippen LogP contribution is 2.44. The number of ether oxygens (including phenoxy) is 2. The van der Waals surface area contributed by atoms with Crippen LogP contribution in [0.5, 0.6) is 17.4 Å². The largest absolute Gasteiger partial charge is 0.483 e. The van der Waals surface area contributed by atoms with Crippen LogP contribution in [-0.2, 0) is 6.42 Å². The maximum atomic E-state index is 8.99. The number of fused-ring (bicyclic) bond motifs is 1. The van der Waals surface area contributed by atoms with E-state index in [1.165, 1.54) is 6.20 Å². The molecule has 4 nitrogen and oxygen atoms in total. The van der Waals surface area contributed by atoms with Gasteiger partial charge >= 0.3 is 0 Å². The van der Waals surface area contributed by atoms with E-state index in [0.29, 0.717) is 17.1 Å². The van der Waals surface area contributed by atoms with Crippen molar-refractivity contribution in [3.05, 3.63) is 46.6 Å². The van der Waals surface area contributed by atoms with Crippen LogP contribution in [0, 0.1) is 11.3 Å². The van der Waals surface area contributed by atoms with Gasteiger partial charge in [0.25, 0.3) is 0 Å². The topological polar surface area (TPSA) is 55.1 Å². The van der Waals surface area contributed by atoms with Crippen LogP contribution in [-0.4, -0.2) is 10.6 Å². The first-order valence-corrected chi connectivity index (χ1v) is 6.91. The lowest BCUT2D eigenvalue weighted by molar-refractivity contribution is 0.135. The highest BCUT2D eigenvalue weighted by atomic mass is 35.5. The lowest BCUT2D eigenvalue weighted by atomic mass is 10.0. The van der Waals surface area contributed by atoms with Gasteiger partial charge in [0, 0.05) is 18.2 Å². The third-order valence-corrected chi connectivity index (χ3v) is 3.60. The monoisotopic (exact) mass is 300 g/mol. The van der Waals surface area contributed by atoms with Crippen LogP contribution < -0.4 is 9.47 Å². The third-order valence-electron chi connectivity index (χ3n) is 3.24. The van der Waals surface area contributed by atoms with Crippen LogP contribution in [0.25, 0.3) is 0 Å². The second-order valence-corrected chi connectivity index (χ2v) is 5.85. The Bertz CT molecular complexity index is 750. The first kappa shape index (κ1) is 13.7. The van der Waals surface area contributed by atoms with E-state index in [0.717, 1.165) is 12.0 Å². The molecule has 1 aromatic heterocycles. The number of benzene rings is 1. The second-order valence-electron chi connectivity index (χ2n) is 5.47. The fourth-order valence-corrected chi connectivity index (χ4v) is 2.55. The maximum absolute atomic E-state index is 8.99. The summed E-state index contributed by atoms with van der Waals surface area (Å²) in [5.41, 5.74) is 1.16. The second kappa shape index (κ2) is 4.94. The Morgan fingerprint density at radius 2 is 2.19 bits per heavy atom. The van der Waals surface area contributed by atoms with Gasteiger partial charge in [0.2, 0.25) is 5.88 Å². The predicted octanol–water partition coefficient (Wildman–Crippen LogP) is 4.11. The lowest BCUT2D eigenvalue weighted by Gasteiger charge is -2.18. The molecule has 21 heavy (non-hydrogen) atoms. The SMILES string of the molecule is CC1(C)Cc2cccc(Oc3nccc(C#N)c3Cl)c2O1. The van der Waals surface area contributed by atoms with Crippen LogP contribution in [0.1, 0.15) is 25.0 Å². The van der Waals surface area contributed by atoms with Gasteiger partial charge in [-0.15, -0.1) is 0 Å². The molecule has 2 heterocycles. The molecule has 0 fully saturated rings. The molecular weight excluding hydrogens is 288 g/mol. The van der Waals surface area contributed by atoms with Crippen LogP contribution in [0.15, 0.2) is 30.5 Å². The Kier molecular flexibility index (Phi) is 3.23. The number of rotatable bonds is 2. The minimum Gasteiger partial charge on any atom is -0.483 e. The molecule has 0 unspecified atom stereocenters. The van der Waals surface area contributed by atoms with Crippen molar-refractivity contribution in [3.8, 4) is 23.4 Å². The Morgan fingerprint density at radius 3 is 2.95 bits per heavy atom. The molecule has 2 aromatic rings. The third kappa shape index (κ3) is 2.53. The molecule has 106 valence electrons. The standard InChI is InChI=1S/C16H13ClN2O2/c1-16(2)8-10-4-3-5-12(14(10)21-16)20-15-13(17)11(9-18)6-7-19-15/h3-7H,8H2,1-2H3. The molecule has 1 aliphatic heterocycles. The van der Waals surface area contributed by atoms with E-state index in [9.17, 15) is 0 Å². The summed E-state index contributed by atoms with van der Waals surface area (Å²) >= 11 is 6.11. The number of pyridine rings is 1. The molecule has 1 aliphatic rings. The highest BCUT2D eigenvalue weighted by molar-refractivity contribution is 6.33. The van der Waals surface area contributed by atoms with E-state index in [4.69, 9.17) is 26.3 Å². The maximum Gasteiger partial charge on any atom is 0.239 e. The van der Waals surface area contributed by atoms with Gasteiger partial charge in [-0.25, -0.2) is 4.98 Å². The summed E-state index contributed by atoms with van der Waals surface area (Å²) in [5.74, 6) is 1.47. The van der Waals surface area contributed by atoms with Gasteiger partial charge in [-0.05, 0) is 26.0 Å². The number of nitrogens with zero attached hydrogens (tertiary/aromatic N) is 2. The van der Waals surface area contributed by atoms with Gasteiger partial charge in [-0.1, -0.05) is 23.7 Å². The first-order chi connectivity index (χ1) is 10.00. The summed E-state index contributed by atoms with van der Waals surface area (Å²) in [6, 6.07) is 9.27. The number of aromatic nitrogens is 1. The Balaban J connectivity index is 1.99. The number of hydrogen-bond acceptors (Lipinski definition) is 4. The molecule has 0 atom stereocenters. The molecule has 5 heteroatoms. The zero-order valence-electron chi connectivity index (χ0n) is 11.7. The fraction of sp³-hybridized carbons (Fsp3) is 0.250. The molecule has 3 rings (SSSR count). The zero-order chi connectivity index (χ0) is 15.0.